The zero-order chi connectivity index (χ0) is 13.5. The van der Waals surface area contributed by atoms with Gasteiger partial charge in [0.05, 0.1) is 17.9 Å². The molecule has 18 heavy (non-hydrogen) atoms. The van der Waals surface area contributed by atoms with Crippen molar-refractivity contribution in [3.05, 3.63) is 29.8 Å². The van der Waals surface area contributed by atoms with Crippen molar-refractivity contribution in [2.75, 3.05) is 11.9 Å². The van der Waals surface area contributed by atoms with Crippen LogP contribution >= 0.6 is 0 Å². The molecule has 0 aromatic heterocycles. The van der Waals surface area contributed by atoms with E-state index in [1.54, 1.807) is 19.1 Å². The molecule has 0 radical (unpaired) electrons. The van der Waals surface area contributed by atoms with Crippen LogP contribution < -0.4 is 11.1 Å². The van der Waals surface area contributed by atoms with Gasteiger partial charge in [0.15, 0.2) is 0 Å². The molecular weight excluding hydrogens is 236 g/mol. The molecule has 0 bridgehead atoms. The van der Waals surface area contributed by atoms with E-state index in [9.17, 15) is 14.4 Å². The number of rotatable bonds is 5. The van der Waals surface area contributed by atoms with Crippen molar-refractivity contribution >= 4 is 23.5 Å². The molecule has 6 heteroatoms. The Balaban J connectivity index is 2.70. The molecule has 0 saturated carbocycles. The highest BCUT2D eigenvalue weighted by atomic mass is 16.5. The van der Waals surface area contributed by atoms with E-state index >= 15 is 0 Å². The Hall–Kier alpha value is -2.37. The van der Waals surface area contributed by atoms with Crippen molar-refractivity contribution in [2.24, 2.45) is 5.73 Å². The van der Waals surface area contributed by atoms with Gasteiger partial charge in [-0.25, -0.2) is 0 Å². The monoisotopic (exact) mass is 250 g/mol. The van der Waals surface area contributed by atoms with E-state index in [2.05, 4.69) is 10.1 Å². The van der Waals surface area contributed by atoms with E-state index in [1.807, 2.05) is 0 Å². The summed E-state index contributed by atoms with van der Waals surface area (Å²) in [5, 5.41) is 2.44. The number of benzene rings is 1. The van der Waals surface area contributed by atoms with Crippen molar-refractivity contribution < 1.29 is 19.1 Å². The van der Waals surface area contributed by atoms with Crippen LogP contribution in [0.3, 0.4) is 0 Å². The summed E-state index contributed by atoms with van der Waals surface area (Å²) in [6, 6.07) is 6.29. The summed E-state index contributed by atoms with van der Waals surface area (Å²) in [5.74, 6) is -1.82. The van der Waals surface area contributed by atoms with Gasteiger partial charge in [-0.05, 0) is 19.1 Å². The Morgan fingerprint density at radius 1 is 1.28 bits per heavy atom. The van der Waals surface area contributed by atoms with Crippen molar-refractivity contribution in [3.8, 4) is 0 Å². The third-order valence-electron chi connectivity index (χ3n) is 2.08. The SMILES string of the molecule is CCOC(=O)CC(=O)Nc1ccccc1C(N)=O. The second-order valence-electron chi connectivity index (χ2n) is 3.44. The van der Waals surface area contributed by atoms with Gasteiger partial charge < -0.3 is 15.8 Å². The molecule has 0 aliphatic rings. The van der Waals surface area contributed by atoms with E-state index in [-0.39, 0.29) is 17.9 Å². The van der Waals surface area contributed by atoms with Crippen LogP contribution in [0.5, 0.6) is 0 Å². The normalized spacial score (nSPS) is 9.61. The quantitative estimate of drug-likeness (QED) is 0.593. The third-order valence-corrected chi connectivity index (χ3v) is 2.08. The first-order valence-electron chi connectivity index (χ1n) is 5.39. The largest absolute Gasteiger partial charge is 0.466 e. The number of anilines is 1. The number of nitrogens with one attached hydrogen (secondary N) is 1. The van der Waals surface area contributed by atoms with Gasteiger partial charge in [0.25, 0.3) is 5.91 Å². The average molecular weight is 250 g/mol. The lowest BCUT2D eigenvalue weighted by atomic mass is 10.1. The van der Waals surface area contributed by atoms with Gasteiger partial charge in [0.2, 0.25) is 5.91 Å². The highest BCUT2D eigenvalue weighted by Gasteiger charge is 2.13. The van der Waals surface area contributed by atoms with Crippen molar-refractivity contribution in [1.29, 1.82) is 0 Å². The number of carbonyl (C=O) groups excluding carboxylic acids is 3. The Bertz CT molecular complexity index is 471. The molecule has 0 aliphatic carbocycles. The van der Waals surface area contributed by atoms with Gasteiger partial charge in [-0.3, -0.25) is 14.4 Å². The van der Waals surface area contributed by atoms with Gasteiger partial charge in [-0.15, -0.1) is 0 Å². The van der Waals surface area contributed by atoms with Gasteiger partial charge in [0, 0.05) is 0 Å². The van der Waals surface area contributed by atoms with Crippen LogP contribution in [0.2, 0.25) is 0 Å². The number of hydrogen-bond donors (Lipinski definition) is 2. The third kappa shape index (κ3) is 3.89. The average Bonchev–Trinajstić information content (AvgIpc) is 2.29. The molecule has 0 saturated heterocycles. The van der Waals surface area contributed by atoms with Crippen LogP contribution in [0, 0.1) is 0 Å². The highest BCUT2D eigenvalue weighted by Crippen LogP contribution is 2.14. The van der Waals surface area contributed by atoms with E-state index in [1.165, 1.54) is 12.1 Å². The Kier molecular flexibility index (Phi) is 4.86. The lowest BCUT2D eigenvalue weighted by molar-refractivity contribution is -0.145. The maximum atomic E-state index is 11.5. The molecule has 6 nitrogen and oxygen atoms in total. The predicted molar refractivity (Wildman–Crippen MR) is 64.8 cm³/mol. The van der Waals surface area contributed by atoms with Crippen LogP contribution in [0.25, 0.3) is 0 Å². The molecule has 1 aromatic rings. The van der Waals surface area contributed by atoms with Gasteiger partial charge >= 0.3 is 5.97 Å². The van der Waals surface area contributed by atoms with Gasteiger partial charge in [-0.2, -0.15) is 0 Å². The summed E-state index contributed by atoms with van der Waals surface area (Å²) < 4.78 is 4.64. The van der Waals surface area contributed by atoms with Crippen LogP contribution in [-0.2, 0) is 14.3 Å². The molecule has 3 N–H and O–H groups in total. The standard InChI is InChI=1S/C12H14N2O4/c1-2-18-11(16)7-10(15)14-9-6-4-3-5-8(9)12(13)17/h3-6H,2,7H2,1H3,(H2,13,17)(H,14,15). The number of ether oxygens (including phenoxy) is 1. The molecule has 0 unspecified atom stereocenters. The lowest BCUT2D eigenvalue weighted by Gasteiger charge is -2.08. The van der Waals surface area contributed by atoms with Crippen LogP contribution in [0.15, 0.2) is 24.3 Å². The van der Waals surface area contributed by atoms with Crippen LogP contribution in [0.4, 0.5) is 5.69 Å². The van der Waals surface area contributed by atoms with Gasteiger partial charge in [0.1, 0.15) is 6.42 Å². The fourth-order valence-electron chi connectivity index (χ4n) is 1.34. The minimum atomic E-state index is -0.651. The number of hydrogen-bond acceptors (Lipinski definition) is 4. The van der Waals surface area contributed by atoms with E-state index in [0.29, 0.717) is 0 Å². The molecule has 1 aromatic carbocycles. The summed E-state index contributed by atoms with van der Waals surface area (Å²) in [4.78, 5) is 33.7. The fourth-order valence-corrected chi connectivity index (χ4v) is 1.34. The molecular formula is C12H14N2O4. The zero-order valence-corrected chi connectivity index (χ0v) is 9.93. The number of esters is 1. The number of carbonyl (C=O) groups is 3. The maximum absolute atomic E-state index is 11.5. The first kappa shape index (κ1) is 13.7. The van der Waals surface area contributed by atoms with Crippen LogP contribution in [0.1, 0.15) is 23.7 Å². The van der Waals surface area contributed by atoms with E-state index < -0.39 is 24.2 Å². The molecule has 96 valence electrons. The highest BCUT2D eigenvalue weighted by molar-refractivity contribution is 6.06. The van der Waals surface area contributed by atoms with E-state index in [0.717, 1.165) is 0 Å². The van der Waals surface area contributed by atoms with Crippen molar-refractivity contribution in [1.82, 2.24) is 0 Å². The molecule has 0 heterocycles. The number of para-hydroxylation sites is 1. The number of amides is 2. The molecule has 1 rings (SSSR count). The van der Waals surface area contributed by atoms with Crippen molar-refractivity contribution in [3.63, 3.8) is 0 Å². The van der Waals surface area contributed by atoms with Gasteiger partial charge in [-0.1, -0.05) is 12.1 Å². The minimum absolute atomic E-state index is 0.190. The fraction of sp³-hybridized carbons (Fsp3) is 0.250. The van der Waals surface area contributed by atoms with Crippen LogP contribution in [-0.4, -0.2) is 24.4 Å². The number of primary amides is 1. The maximum Gasteiger partial charge on any atom is 0.315 e. The summed E-state index contributed by atoms with van der Waals surface area (Å²) >= 11 is 0. The smallest absolute Gasteiger partial charge is 0.315 e. The summed E-state index contributed by atoms with van der Waals surface area (Å²) in [6.45, 7) is 1.86. The Labute approximate surface area is 104 Å². The molecule has 0 fully saturated rings. The Morgan fingerprint density at radius 3 is 2.56 bits per heavy atom. The zero-order valence-electron chi connectivity index (χ0n) is 9.93. The minimum Gasteiger partial charge on any atom is -0.466 e. The lowest BCUT2D eigenvalue weighted by Crippen LogP contribution is -2.21. The molecule has 2 amide bonds. The first-order chi connectivity index (χ1) is 8.54. The molecule has 0 atom stereocenters. The summed E-state index contributed by atoms with van der Waals surface area (Å²) in [6.07, 6.45) is -0.402. The van der Waals surface area contributed by atoms with Crippen molar-refractivity contribution in [2.45, 2.75) is 13.3 Å². The molecule has 0 aliphatic heterocycles. The van der Waals surface area contributed by atoms with E-state index in [4.69, 9.17) is 5.73 Å². The summed E-state index contributed by atoms with van der Waals surface area (Å²) in [7, 11) is 0. The second kappa shape index (κ2) is 6.39. The second-order valence-corrected chi connectivity index (χ2v) is 3.44. The summed E-state index contributed by atoms with van der Waals surface area (Å²) in [5.41, 5.74) is 5.62. The number of nitrogens with two attached hydrogens (primary N) is 1. The predicted octanol–water partition coefficient (Wildman–Crippen LogP) is 0.677. The Morgan fingerprint density at radius 2 is 1.94 bits per heavy atom. The molecule has 0 spiro atoms. The first-order valence-corrected chi connectivity index (χ1v) is 5.39. The topological polar surface area (TPSA) is 98.5 Å².